The second-order valence-corrected chi connectivity index (χ2v) is 7.27. The number of carboxylic acids is 1. The van der Waals surface area contributed by atoms with Crippen molar-refractivity contribution in [3.63, 3.8) is 0 Å². The lowest BCUT2D eigenvalue weighted by Gasteiger charge is -2.37. The van der Waals surface area contributed by atoms with Crippen LogP contribution in [0, 0.1) is 5.41 Å². The SMILES string of the molecule is COC(=O)C(C)S(=O)(=O)N1CCCC(C)(C(=O)O)C1. The summed E-state index contributed by atoms with van der Waals surface area (Å²) in [7, 11) is -2.77. The quantitative estimate of drug-likeness (QED) is 0.736. The molecule has 0 aromatic rings. The van der Waals surface area contributed by atoms with Gasteiger partial charge in [-0.3, -0.25) is 9.59 Å². The molecular weight excluding hydrogens is 274 g/mol. The van der Waals surface area contributed by atoms with E-state index in [0.717, 1.165) is 11.4 Å². The third kappa shape index (κ3) is 3.06. The van der Waals surface area contributed by atoms with Crippen molar-refractivity contribution in [2.45, 2.75) is 31.9 Å². The van der Waals surface area contributed by atoms with Gasteiger partial charge in [0.25, 0.3) is 0 Å². The van der Waals surface area contributed by atoms with E-state index in [1.165, 1.54) is 13.8 Å². The smallest absolute Gasteiger partial charge is 0.325 e. The van der Waals surface area contributed by atoms with Crippen LogP contribution in [0.15, 0.2) is 0 Å². The lowest BCUT2D eigenvalue weighted by atomic mass is 9.83. The van der Waals surface area contributed by atoms with Crippen LogP contribution in [-0.2, 0) is 24.3 Å². The highest BCUT2D eigenvalue weighted by Gasteiger charge is 2.44. The number of aliphatic carboxylic acids is 1. The highest BCUT2D eigenvalue weighted by molar-refractivity contribution is 7.90. The van der Waals surface area contributed by atoms with E-state index < -0.39 is 32.6 Å². The predicted octanol–water partition coefficient (Wildman–Crippen LogP) is 0.0644. The lowest BCUT2D eigenvalue weighted by Crippen LogP contribution is -2.51. The first-order chi connectivity index (χ1) is 8.65. The summed E-state index contributed by atoms with van der Waals surface area (Å²) in [5, 5.41) is 7.84. The van der Waals surface area contributed by atoms with Gasteiger partial charge in [-0.2, -0.15) is 0 Å². The van der Waals surface area contributed by atoms with Gasteiger partial charge in [0.1, 0.15) is 0 Å². The summed E-state index contributed by atoms with van der Waals surface area (Å²) in [6, 6.07) is 0. The summed E-state index contributed by atoms with van der Waals surface area (Å²) in [5.41, 5.74) is -1.11. The molecule has 1 rings (SSSR count). The molecule has 0 spiro atoms. The molecule has 1 aliphatic rings. The summed E-state index contributed by atoms with van der Waals surface area (Å²) >= 11 is 0. The van der Waals surface area contributed by atoms with Crippen molar-refractivity contribution in [1.29, 1.82) is 0 Å². The van der Waals surface area contributed by atoms with E-state index in [4.69, 9.17) is 5.11 Å². The number of esters is 1. The zero-order valence-corrected chi connectivity index (χ0v) is 12.1. The standard InChI is InChI=1S/C11H19NO6S/c1-8(9(13)18-3)19(16,17)12-6-4-5-11(2,7-12)10(14)15/h8H,4-7H2,1-3H3,(H,14,15). The minimum absolute atomic E-state index is 0.119. The first-order valence-electron chi connectivity index (χ1n) is 5.95. The van der Waals surface area contributed by atoms with Crippen molar-refractivity contribution >= 4 is 22.0 Å². The second kappa shape index (κ2) is 5.46. The highest BCUT2D eigenvalue weighted by Crippen LogP contribution is 2.32. The van der Waals surface area contributed by atoms with Gasteiger partial charge in [-0.05, 0) is 26.7 Å². The Bertz CT molecular complexity index is 474. The Morgan fingerprint density at radius 3 is 2.47 bits per heavy atom. The minimum atomic E-state index is -3.88. The maximum atomic E-state index is 12.2. The molecule has 19 heavy (non-hydrogen) atoms. The van der Waals surface area contributed by atoms with Gasteiger partial charge in [0.05, 0.1) is 12.5 Å². The Morgan fingerprint density at radius 1 is 1.42 bits per heavy atom. The van der Waals surface area contributed by atoms with Gasteiger partial charge in [0, 0.05) is 13.1 Å². The van der Waals surface area contributed by atoms with Crippen LogP contribution in [0.3, 0.4) is 0 Å². The number of hydrogen-bond donors (Lipinski definition) is 1. The maximum Gasteiger partial charge on any atom is 0.325 e. The maximum absolute atomic E-state index is 12.2. The average Bonchev–Trinajstić information content (AvgIpc) is 2.36. The number of piperidine rings is 1. The van der Waals surface area contributed by atoms with Crippen LogP contribution in [0.4, 0.5) is 0 Å². The van der Waals surface area contributed by atoms with Gasteiger partial charge >= 0.3 is 11.9 Å². The van der Waals surface area contributed by atoms with Crippen LogP contribution in [0.2, 0.25) is 0 Å². The topological polar surface area (TPSA) is 101 Å². The third-order valence-electron chi connectivity index (χ3n) is 3.52. The number of carbonyl (C=O) groups is 2. The van der Waals surface area contributed by atoms with Crippen LogP contribution < -0.4 is 0 Å². The van der Waals surface area contributed by atoms with Gasteiger partial charge in [-0.1, -0.05) is 0 Å². The Kier molecular flexibility index (Phi) is 4.57. The van der Waals surface area contributed by atoms with Crippen LogP contribution in [0.25, 0.3) is 0 Å². The number of rotatable bonds is 4. The minimum Gasteiger partial charge on any atom is -0.481 e. The highest BCUT2D eigenvalue weighted by atomic mass is 32.2. The molecule has 0 amide bonds. The molecule has 110 valence electrons. The molecule has 1 N–H and O–H groups in total. The molecule has 2 unspecified atom stereocenters. The van der Waals surface area contributed by atoms with Crippen molar-refractivity contribution < 1.29 is 27.9 Å². The molecule has 0 radical (unpaired) electrons. The molecule has 1 heterocycles. The van der Waals surface area contributed by atoms with E-state index in [1.54, 1.807) is 0 Å². The van der Waals surface area contributed by atoms with E-state index in [-0.39, 0.29) is 13.1 Å². The number of hydrogen-bond acceptors (Lipinski definition) is 5. The van der Waals surface area contributed by atoms with Crippen LogP contribution in [0.5, 0.6) is 0 Å². The number of carbonyl (C=O) groups excluding carboxylic acids is 1. The molecule has 0 aromatic carbocycles. The predicted molar refractivity (Wildman–Crippen MR) is 66.9 cm³/mol. The molecule has 0 saturated carbocycles. The van der Waals surface area contributed by atoms with Crippen LogP contribution in [-0.4, -0.2) is 55.2 Å². The Hall–Kier alpha value is -1.15. The van der Waals surface area contributed by atoms with E-state index in [2.05, 4.69) is 4.74 Å². The third-order valence-corrected chi connectivity index (χ3v) is 5.63. The number of sulfonamides is 1. The summed E-state index contributed by atoms with van der Waals surface area (Å²) in [6.45, 7) is 2.87. The molecule has 1 fully saturated rings. The van der Waals surface area contributed by atoms with Gasteiger partial charge in [0.15, 0.2) is 5.25 Å². The molecule has 8 heteroatoms. The summed E-state index contributed by atoms with van der Waals surface area (Å²) in [4.78, 5) is 22.5. The normalized spacial score (nSPS) is 26.7. The van der Waals surface area contributed by atoms with E-state index in [1.807, 2.05) is 0 Å². The fourth-order valence-corrected chi connectivity index (χ4v) is 3.73. The molecule has 0 aromatic heterocycles. The first-order valence-corrected chi connectivity index (χ1v) is 7.45. The van der Waals surface area contributed by atoms with E-state index in [0.29, 0.717) is 12.8 Å². The van der Waals surface area contributed by atoms with Crippen molar-refractivity contribution in [3.05, 3.63) is 0 Å². The van der Waals surface area contributed by atoms with Crippen molar-refractivity contribution in [1.82, 2.24) is 4.31 Å². The van der Waals surface area contributed by atoms with Gasteiger partial charge in [-0.15, -0.1) is 0 Å². The zero-order valence-electron chi connectivity index (χ0n) is 11.2. The summed E-state index contributed by atoms with van der Waals surface area (Å²) in [6.07, 6.45) is 0.872. The fraction of sp³-hybridized carbons (Fsp3) is 0.818. The Balaban J connectivity index is 2.97. The van der Waals surface area contributed by atoms with Gasteiger partial charge in [-0.25, -0.2) is 12.7 Å². The molecule has 0 bridgehead atoms. The van der Waals surface area contributed by atoms with Crippen LogP contribution >= 0.6 is 0 Å². The number of methoxy groups -OCH3 is 1. The summed E-state index contributed by atoms with van der Waals surface area (Å²) < 4.78 is 30.0. The fourth-order valence-electron chi connectivity index (χ4n) is 2.10. The molecule has 2 atom stereocenters. The summed E-state index contributed by atoms with van der Waals surface area (Å²) in [5.74, 6) is -1.87. The number of carboxylic acid groups (broad SMARTS) is 1. The second-order valence-electron chi connectivity index (χ2n) is 5.01. The van der Waals surface area contributed by atoms with Gasteiger partial charge in [0.2, 0.25) is 10.0 Å². The van der Waals surface area contributed by atoms with Crippen molar-refractivity contribution in [2.24, 2.45) is 5.41 Å². The van der Waals surface area contributed by atoms with Crippen molar-refractivity contribution in [3.8, 4) is 0 Å². The van der Waals surface area contributed by atoms with Crippen molar-refractivity contribution in [2.75, 3.05) is 20.2 Å². The van der Waals surface area contributed by atoms with Gasteiger partial charge < -0.3 is 9.84 Å². The van der Waals surface area contributed by atoms with Crippen LogP contribution in [0.1, 0.15) is 26.7 Å². The molecule has 1 saturated heterocycles. The molecule has 7 nitrogen and oxygen atoms in total. The molecule has 1 aliphatic heterocycles. The largest absolute Gasteiger partial charge is 0.481 e. The average molecular weight is 293 g/mol. The monoisotopic (exact) mass is 293 g/mol. The van der Waals surface area contributed by atoms with E-state index in [9.17, 15) is 18.0 Å². The molecular formula is C11H19NO6S. The lowest BCUT2D eigenvalue weighted by molar-refractivity contribution is -0.150. The number of nitrogens with zero attached hydrogens (tertiary/aromatic N) is 1. The Labute approximate surface area is 112 Å². The Morgan fingerprint density at radius 2 is 2.00 bits per heavy atom. The first kappa shape index (κ1) is 15.9. The van der Waals surface area contributed by atoms with E-state index >= 15 is 0 Å². The zero-order chi connectivity index (χ0) is 14.8. The number of ether oxygens (including phenoxy) is 1. The molecule has 0 aliphatic carbocycles.